The fraction of sp³-hybridized carbons (Fsp3) is 0.125. The Morgan fingerprint density at radius 1 is 1.40 bits per heavy atom. The number of hydrogen-bond donors (Lipinski definition) is 1. The number of nitrogens with zero attached hydrogens (tertiary/aromatic N) is 1. The second-order valence-corrected chi connectivity index (χ2v) is 3.54. The second kappa shape index (κ2) is 4.46. The van der Waals surface area contributed by atoms with Crippen molar-refractivity contribution in [1.82, 2.24) is 0 Å². The minimum Gasteiger partial charge on any atom is -0.325 e. The zero-order valence-corrected chi connectivity index (χ0v) is 9.09. The summed E-state index contributed by atoms with van der Waals surface area (Å²) in [5, 5.41) is 13.0. The van der Waals surface area contributed by atoms with Crippen molar-refractivity contribution in [3.8, 4) is 0 Å². The molecule has 0 bridgehead atoms. The van der Waals surface area contributed by atoms with Crippen molar-refractivity contribution >= 4 is 40.5 Å². The van der Waals surface area contributed by atoms with Crippen molar-refractivity contribution in [2.75, 3.05) is 5.32 Å². The number of benzene rings is 1. The Balaban J connectivity index is 3.23. The van der Waals surface area contributed by atoms with Gasteiger partial charge in [0.2, 0.25) is 5.91 Å². The molecule has 0 aromatic heterocycles. The molecule has 1 rings (SSSR count). The van der Waals surface area contributed by atoms with Gasteiger partial charge in [0.25, 0.3) is 5.69 Å². The van der Waals surface area contributed by atoms with E-state index in [1.807, 2.05) is 0 Å². The summed E-state index contributed by atoms with van der Waals surface area (Å²) in [7, 11) is 0. The van der Waals surface area contributed by atoms with Crippen LogP contribution in [0.15, 0.2) is 12.1 Å². The fourth-order valence-electron chi connectivity index (χ4n) is 0.963. The Morgan fingerprint density at radius 2 is 2.00 bits per heavy atom. The molecule has 1 N–H and O–H groups in total. The molecule has 0 saturated heterocycles. The summed E-state index contributed by atoms with van der Waals surface area (Å²) < 4.78 is 0. The molecule has 1 aromatic rings. The van der Waals surface area contributed by atoms with Crippen molar-refractivity contribution in [2.45, 2.75) is 6.92 Å². The van der Waals surface area contributed by atoms with E-state index in [0.29, 0.717) is 0 Å². The van der Waals surface area contributed by atoms with Gasteiger partial charge in [0.1, 0.15) is 5.02 Å². The summed E-state index contributed by atoms with van der Waals surface area (Å²) in [6.45, 7) is 1.27. The van der Waals surface area contributed by atoms with Gasteiger partial charge in [-0.2, -0.15) is 0 Å². The summed E-state index contributed by atoms with van der Waals surface area (Å²) in [6.07, 6.45) is 0. The van der Waals surface area contributed by atoms with Gasteiger partial charge in [-0.25, -0.2) is 0 Å². The highest BCUT2D eigenvalue weighted by Gasteiger charge is 2.16. The van der Waals surface area contributed by atoms with Crippen LogP contribution >= 0.6 is 23.2 Å². The highest BCUT2D eigenvalue weighted by molar-refractivity contribution is 6.37. The Hall–Kier alpha value is -1.33. The van der Waals surface area contributed by atoms with Gasteiger partial charge in [-0.3, -0.25) is 14.9 Å². The molecule has 1 amide bonds. The van der Waals surface area contributed by atoms with Crippen molar-refractivity contribution in [1.29, 1.82) is 0 Å². The van der Waals surface area contributed by atoms with Crippen LogP contribution in [-0.2, 0) is 4.79 Å². The molecule has 80 valence electrons. The fourth-order valence-corrected chi connectivity index (χ4v) is 1.46. The molecule has 0 atom stereocenters. The Morgan fingerprint density at radius 3 is 2.47 bits per heavy atom. The predicted molar refractivity (Wildman–Crippen MR) is 57.4 cm³/mol. The molecule has 0 aliphatic rings. The van der Waals surface area contributed by atoms with Crippen LogP contribution in [0.2, 0.25) is 10.0 Å². The first-order valence-corrected chi connectivity index (χ1v) is 4.58. The van der Waals surface area contributed by atoms with E-state index >= 15 is 0 Å². The number of rotatable bonds is 2. The van der Waals surface area contributed by atoms with Gasteiger partial charge >= 0.3 is 0 Å². The molecule has 0 saturated carbocycles. The third kappa shape index (κ3) is 2.81. The smallest absolute Gasteiger partial charge is 0.290 e. The van der Waals surface area contributed by atoms with Gasteiger partial charge in [0.05, 0.1) is 15.6 Å². The standard InChI is InChI=1S/C8H6Cl2N2O3/c1-4(13)11-7-3-8(12(14)15)6(10)2-5(7)9/h2-3H,1H3,(H,11,13). The van der Waals surface area contributed by atoms with Crippen LogP contribution in [0.5, 0.6) is 0 Å². The quantitative estimate of drug-likeness (QED) is 0.646. The average molecular weight is 249 g/mol. The summed E-state index contributed by atoms with van der Waals surface area (Å²) in [5.41, 5.74) is -0.134. The van der Waals surface area contributed by atoms with Gasteiger partial charge in [-0.1, -0.05) is 23.2 Å². The summed E-state index contributed by atoms with van der Waals surface area (Å²) in [4.78, 5) is 20.6. The van der Waals surface area contributed by atoms with E-state index in [2.05, 4.69) is 5.32 Å². The number of halogens is 2. The van der Waals surface area contributed by atoms with E-state index < -0.39 is 4.92 Å². The molecule has 0 heterocycles. The third-order valence-electron chi connectivity index (χ3n) is 1.54. The van der Waals surface area contributed by atoms with E-state index in [0.717, 1.165) is 6.07 Å². The molecule has 7 heteroatoms. The lowest BCUT2D eigenvalue weighted by Crippen LogP contribution is -2.06. The molecule has 0 spiro atoms. The molecular formula is C8H6Cl2N2O3. The number of nitro groups is 1. The van der Waals surface area contributed by atoms with Crippen LogP contribution in [-0.4, -0.2) is 10.8 Å². The first-order chi connectivity index (χ1) is 6.91. The molecule has 15 heavy (non-hydrogen) atoms. The monoisotopic (exact) mass is 248 g/mol. The maximum absolute atomic E-state index is 10.8. The lowest BCUT2D eigenvalue weighted by Gasteiger charge is -2.05. The summed E-state index contributed by atoms with van der Waals surface area (Å²) >= 11 is 11.3. The number of hydrogen-bond acceptors (Lipinski definition) is 3. The van der Waals surface area contributed by atoms with Crippen LogP contribution in [0.4, 0.5) is 11.4 Å². The Bertz CT molecular complexity index is 434. The van der Waals surface area contributed by atoms with Gasteiger partial charge in [0.15, 0.2) is 0 Å². The van der Waals surface area contributed by atoms with E-state index in [9.17, 15) is 14.9 Å². The first-order valence-electron chi connectivity index (χ1n) is 3.83. The van der Waals surface area contributed by atoms with Crippen LogP contribution in [0.3, 0.4) is 0 Å². The number of carbonyl (C=O) groups is 1. The number of amides is 1. The van der Waals surface area contributed by atoms with Crippen molar-refractivity contribution < 1.29 is 9.72 Å². The number of nitrogens with one attached hydrogen (secondary N) is 1. The van der Waals surface area contributed by atoms with E-state index in [1.54, 1.807) is 0 Å². The topological polar surface area (TPSA) is 72.2 Å². The SMILES string of the molecule is CC(=O)Nc1cc([N+](=O)[O-])c(Cl)cc1Cl. The number of carbonyl (C=O) groups excluding carboxylic acids is 1. The summed E-state index contributed by atoms with van der Waals surface area (Å²) in [5.74, 6) is -0.367. The number of anilines is 1. The van der Waals surface area contributed by atoms with Crippen LogP contribution < -0.4 is 5.32 Å². The molecule has 0 aliphatic heterocycles. The zero-order valence-electron chi connectivity index (χ0n) is 7.58. The van der Waals surface area contributed by atoms with Crippen molar-refractivity contribution in [2.24, 2.45) is 0 Å². The van der Waals surface area contributed by atoms with Crippen LogP contribution in [0, 0.1) is 10.1 Å². The average Bonchev–Trinajstić information content (AvgIpc) is 2.08. The maximum atomic E-state index is 10.8. The first kappa shape index (κ1) is 11.7. The van der Waals surface area contributed by atoms with Crippen LogP contribution in [0.1, 0.15) is 6.92 Å². The Labute approximate surface area is 95.1 Å². The molecule has 0 radical (unpaired) electrons. The van der Waals surface area contributed by atoms with E-state index in [4.69, 9.17) is 23.2 Å². The third-order valence-corrected chi connectivity index (χ3v) is 2.16. The molecule has 1 aromatic carbocycles. The molecule has 0 aliphatic carbocycles. The van der Waals surface area contributed by atoms with Gasteiger partial charge in [-0.05, 0) is 6.07 Å². The molecule has 0 unspecified atom stereocenters. The summed E-state index contributed by atoms with van der Waals surface area (Å²) in [6, 6.07) is 2.33. The second-order valence-electron chi connectivity index (χ2n) is 2.72. The minimum atomic E-state index is -0.649. The zero-order chi connectivity index (χ0) is 11.6. The molecule has 0 fully saturated rings. The van der Waals surface area contributed by atoms with E-state index in [-0.39, 0.29) is 27.3 Å². The van der Waals surface area contributed by atoms with Crippen LogP contribution in [0.25, 0.3) is 0 Å². The highest BCUT2D eigenvalue weighted by atomic mass is 35.5. The van der Waals surface area contributed by atoms with Crippen molar-refractivity contribution in [3.63, 3.8) is 0 Å². The van der Waals surface area contributed by atoms with Gasteiger partial charge in [0, 0.05) is 13.0 Å². The Kier molecular flexibility index (Phi) is 3.49. The lowest BCUT2D eigenvalue weighted by atomic mass is 10.2. The van der Waals surface area contributed by atoms with E-state index in [1.165, 1.54) is 13.0 Å². The lowest BCUT2D eigenvalue weighted by molar-refractivity contribution is -0.384. The molecule has 5 nitrogen and oxygen atoms in total. The maximum Gasteiger partial charge on any atom is 0.290 e. The van der Waals surface area contributed by atoms with Gasteiger partial charge < -0.3 is 5.32 Å². The number of nitro benzene ring substituents is 1. The van der Waals surface area contributed by atoms with Gasteiger partial charge in [-0.15, -0.1) is 0 Å². The normalized spacial score (nSPS) is 9.80. The molecular weight excluding hydrogens is 243 g/mol. The minimum absolute atomic E-state index is 0.0703. The van der Waals surface area contributed by atoms with Crippen molar-refractivity contribution in [3.05, 3.63) is 32.3 Å². The predicted octanol–water partition coefficient (Wildman–Crippen LogP) is 2.86. The largest absolute Gasteiger partial charge is 0.325 e. The highest BCUT2D eigenvalue weighted by Crippen LogP contribution is 2.33.